The molecule has 0 aromatic rings. The van der Waals surface area contributed by atoms with Crippen molar-refractivity contribution in [2.45, 2.75) is 0 Å². The normalized spacial score (nSPS) is 3.00. The molecule has 1 N–H and O–H groups in total. The summed E-state index contributed by atoms with van der Waals surface area (Å²) in [7, 11) is 0. The quantitative estimate of drug-likeness (QED) is 0.316. The van der Waals surface area contributed by atoms with Crippen molar-refractivity contribution >= 4 is 6.41 Å². The molecule has 0 aromatic carbocycles. The molecule has 0 atom stereocenters. The zero-order valence-electron chi connectivity index (χ0n) is 1.84. The molecular weight excluding hydrogens is 97.9 g/mol. The predicted molar refractivity (Wildman–Crippen MR) is 10.4 cm³/mol. The number of carbonyl (C=O) groups is 1. The van der Waals surface area contributed by atoms with Gasteiger partial charge >= 0.3 is 0 Å². The summed E-state index contributed by atoms with van der Waals surface area (Å²) in [5.41, 5.74) is 5.53. The Morgan fingerprint density at radius 1 is 1.75 bits per heavy atom. The number of rotatable bonds is 0. The number of hydrogen-bond donors (Lipinski definition) is 0. The third kappa shape index (κ3) is 17600. The number of hydrogen-bond acceptors (Lipinski definition) is 1. The van der Waals surface area contributed by atoms with Crippen LogP contribution in [0.1, 0.15) is 0 Å². The van der Waals surface area contributed by atoms with E-state index in [4.69, 9.17) is 10.5 Å². The van der Waals surface area contributed by atoms with Crippen LogP contribution in [-0.2, 0) is 21.9 Å². The number of carbonyl (C=O) groups excluding carboxylic acids is 1. The Morgan fingerprint density at radius 3 is 1.75 bits per heavy atom. The first-order valence-corrected chi connectivity index (χ1v) is 0.524. The standard InChI is InChI=1S/CH3NO.Fe/c2-1-3;/h1H,(H2,2,3);/p-1. The molecule has 1 amide bonds. The maximum absolute atomic E-state index is 8.47. The van der Waals surface area contributed by atoms with E-state index in [2.05, 4.69) is 0 Å². The van der Waals surface area contributed by atoms with Crippen molar-refractivity contribution < 1.29 is 21.9 Å². The first-order chi connectivity index (χ1) is 1.41. The molecule has 0 aliphatic carbocycles. The minimum absolute atomic E-state index is 0. The van der Waals surface area contributed by atoms with Crippen LogP contribution < -0.4 is 0 Å². The molecular formula is CH2FeNO-. The molecule has 2 nitrogen and oxygen atoms in total. The summed E-state index contributed by atoms with van der Waals surface area (Å²) in [4.78, 5) is 8.47. The molecule has 0 aliphatic heterocycles. The van der Waals surface area contributed by atoms with Crippen LogP contribution in [0.2, 0.25) is 0 Å². The van der Waals surface area contributed by atoms with Crippen molar-refractivity contribution in [2.75, 3.05) is 0 Å². The van der Waals surface area contributed by atoms with Gasteiger partial charge in [0.1, 0.15) is 0 Å². The Hall–Kier alpha value is -0.0105. The van der Waals surface area contributed by atoms with Gasteiger partial charge in [-0.05, 0) is 0 Å². The van der Waals surface area contributed by atoms with E-state index in [-0.39, 0.29) is 23.5 Å². The fourth-order valence-corrected chi connectivity index (χ4v) is 0. The average Bonchev–Trinajstić information content (AvgIpc) is 0.918. The third-order valence-electron chi connectivity index (χ3n) is 0. The summed E-state index contributed by atoms with van der Waals surface area (Å²) in [6.07, 6.45) is 0. The van der Waals surface area contributed by atoms with E-state index < -0.39 is 0 Å². The molecule has 0 saturated heterocycles. The van der Waals surface area contributed by atoms with Crippen LogP contribution in [0.4, 0.5) is 0 Å². The molecule has 3 heteroatoms. The van der Waals surface area contributed by atoms with Crippen molar-refractivity contribution in [3.8, 4) is 0 Å². The van der Waals surface area contributed by atoms with E-state index >= 15 is 0 Å². The molecule has 0 radical (unpaired) electrons. The van der Waals surface area contributed by atoms with E-state index in [1.165, 1.54) is 0 Å². The van der Waals surface area contributed by atoms with Gasteiger partial charge in [-0.3, -0.25) is 0 Å². The van der Waals surface area contributed by atoms with Crippen LogP contribution in [-0.4, -0.2) is 6.41 Å². The van der Waals surface area contributed by atoms with Crippen LogP contribution in [0.15, 0.2) is 0 Å². The van der Waals surface area contributed by atoms with Gasteiger partial charge in [-0.15, -0.1) is 0 Å². The summed E-state index contributed by atoms with van der Waals surface area (Å²) in [5.74, 6) is 0. The van der Waals surface area contributed by atoms with Crippen LogP contribution in [0.3, 0.4) is 0 Å². The predicted octanol–water partition coefficient (Wildman–Crippen LogP) is 0.193. The zero-order chi connectivity index (χ0) is 2.71. The first-order valence-electron chi connectivity index (χ1n) is 0.524. The number of amides is 1. The van der Waals surface area contributed by atoms with Gasteiger partial charge in [0.05, 0.1) is 0 Å². The van der Waals surface area contributed by atoms with Gasteiger partial charge in [0.2, 0.25) is 0 Å². The van der Waals surface area contributed by atoms with Gasteiger partial charge in [-0.2, -0.15) is 0 Å². The third-order valence-corrected chi connectivity index (χ3v) is 0. The van der Waals surface area contributed by atoms with E-state index in [9.17, 15) is 0 Å². The van der Waals surface area contributed by atoms with Crippen molar-refractivity contribution in [3.05, 3.63) is 5.73 Å². The van der Waals surface area contributed by atoms with Crippen LogP contribution in [0.5, 0.6) is 0 Å². The molecule has 0 unspecified atom stereocenters. The second-order valence-electron chi connectivity index (χ2n) is 0.118. The molecule has 4 heavy (non-hydrogen) atoms. The summed E-state index contributed by atoms with van der Waals surface area (Å²) in [6, 6.07) is 0. The van der Waals surface area contributed by atoms with Crippen LogP contribution >= 0.6 is 0 Å². The van der Waals surface area contributed by atoms with E-state index in [0.717, 1.165) is 0 Å². The summed E-state index contributed by atoms with van der Waals surface area (Å²) < 4.78 is 0. The van der Waals surface area contributed by atoms with E-state index in [1.54, 1.807) is 0 Å². The summed E-state index contributed by atoms with van der Waals surface area (Å²) >= 11 is 0. The first kappa shape index (κ1) is 9.01. The molecule has 0 fully saturated rings. The Labute approximate surface area is 34.8 Å². The molecule has 26 valence electrons. The summed E-state index contributed by atoms with van der Waals surface area (Å²) in [5, 5.41) is 0. The van der Waals surface area contributed by atoms with Gasteiger partial charge in [0.25, 0.3) is 0 Å². The van der Waals surface area contributed by atoms with Crippen molar-refractivity contribution in [1.29, 1.82) is 0 Å². The van der Waals surface area contributed by atoms with Crippen LogP contribution in [0.25, 0.3) is 5.73 Å². The number of nitrogens with one attached hydrogen (secondary N) is 1. The molecule has 0 saturated carbocycles. The SMILES string of the molecule is [Fe].[NH-]C=O. The van der Waals surface area contributed by atoms with E-state index in [1.807, 2.05) is 0 Å². The molecule has 0 aliphatic rings. The van der Waals surface area contributed by atoms with Crippen molar-refractivity contribution in [1.82, 2.24) is 0 Å². The molecule has 0 aromatic heterocycles. The average molecular weight is 99.9 g/mol. The van der Waals surface area contributed by atoms with Crippen molar-refractivity contribution in [2.24, 2.45) is 0 Å². The topological polar surface area (TPSA) is 40.9 Å². The Morgan fingerprint density at radius 2 is 1.75 bits per heavy atom. The van der Waals surface area contributed by atoms with Gasteiger partial charge in [0, 0.05) is 23.5 Å². The Balaban J connectivity index is 0. The largest absolute Gasteiger partial charge is 0.671 e. The maximum Gasteiger partial charge on any atom is 0.0344 e. The minimum atomic E-state index is 0. The maximum atomic E-state index is 8.47. The molecule has 0 bridgehead atoms. The van der Waals surface area contributed by atoms with Gasteiger partial charge in [-0.1, -0.05) is 0 Å². The monoisotopic (exact) mass is 99.9 g/mol. The van der Waals surface area contributed by atoms with Gasteiger partial charge < -0.3 is 10.5 Å². The fraction of sp³-hybridized carbons (Fsp3) is 0. The van der Waals surface area contributed by atoms with Crippen molar-refractivity contribution in [3.63, 3.8) is 0 Å². The second-order valence-corrected chi connectivity index (χ2v) is 0.118. The molecule has 0 rings (SSSR count). The van der Waals surface area contributed by atoms with Crippen LogP contribution in [0, 0.1) is 0 Å². The minimum Gasteiger partial charge on any atom is -0.671 e. The molecule has 0 spiro atoms. The fourth-order valence-electron chi connectivity index (χ4n) is 0. The second kappa shape index (κ2) is 12.1. The molecule has 0 heterocycles. The summed E-state index contributed by atoms with van der Waals surface area (Å²) in [6.45, 7) is 0. The van der Waals surface area contributed by atoms with Gasteiger partial charge in [-0.25, -0.2) is 0 Å². The van der Waals surface area contributed by atoms with Gasteiger partial charge in [0.15, 0.2) is 0 Å². The Kier molecular flexibility index (Phi) is 27.2. The smallest absolute Gasteiger partial charge is 0.0344 e. The van der Waals surface area contributed by atoms with E-state index in [0.29, 0.717) is 0 Å². The Bertz CT molecular complexity index is 15.5. The zero-order valence-corrected chi connectivity index (χ0v) is 2.94.